The summed E-state index contributed by atoms with van der Waals surface area (Å²) in [5.74, 6) is -0.485. The number of esters is 1. The number of carbonyl (C=O) groups excluding carboxylic acids is 1. The van der Waals surface area contributed by atoms with Crippen LogP contribution in [0.5, 0.6) is 0 Å². The van der Waals surface area contributed by atoms with E-state index in [0.29, 0.717) is 18.0 Å². The molecule has 1 rings (SSSR count). The number of hydrogen-bond acceptors (Lipinski definition) is 5. The molecule has 1 heterocycles. The Morgan fingerprint density at radius 1 is 1.47 bits per heavy atom. The van der Waals surface area contributed by atoms with E-state index in [1.807, 2.05) is 0 Å². The largest absolute Gasteiger partial charge is 0.464 e. The van der Waals surface area contributed by atoms with Crippen LogP contribution in [0.2, 0.25) is 25.7 Å². The normalized spacial score (nSPS) is 11.6. The summed E-state index contributed by atoms with van der Waals surface area (Å²) in [7, 11) is 0.184. The number of ether oxygens (including phenoxy) is 2. The highest BCUT2D eigenvalue weighted by Crippen LogP contribution is 2.10. The van der Waals surface area contributed by atoms with Crippen LogP contribution in [-0.4, -0.2) is 42.6 Å². The summed E-state index contributed by atoms with van der Waals surface area (Å²) in [6.45, 7) is 7.43. The van der Waals surface area contributed by atoms with Crippen LogP contribution in [0.25, 0.3) is 0 Å². The maximum Gasteiger partial charge on any atom is 0.356 e. The zero-order valence-electron chi connectivity index (χ0n) is 12.0. The molecule has 0 amide bonds. The molecule has 0 aliphatic rings. The minimum absolute atomic E-state index is 0.189. The van der Waals surface area contributed by atoms with Crippen molar-refractivity contribution in [1.82, 2.24) is 9.78 Å². The molecule has 0 bridgehead atoms. The monoisotopic (exact) mass is 286 g/mol. The minimum atomic E-state index is -1.13. The molecule has 7 heteroatoms. The molecular formula is C12H22N2O4Si. The number of rotatable bonds is 7. The summed E-state index contributed by atoms with van der Waals surface area (Å²) < 4.78 is 11.6. The van der Waals surface area contributed by atoms with Gasteiger partial charge >= 0.3 is 5.97 Å². The van der Waals surface area contributed by atoms with Crippen LogP contribution in [0.4, 0.5) is 0 Å². The van der Waals surface area contributed by atoms with Crippen LogP contribution in [0, 0.1) is 0 Å². The Kier molecular flexibility index (Phi) is 5.71. The smallest absolute Gasteiger partial charge is 0.356 e. The Bertz CT molecular complexity index is 426. The van der Waals surface area contributed by atoms with Gasteiger partial charge in [0.25, 0.3) is 0 Å². The van der Waals surface area contributed by atoms with E-state index in [1.54, 1.807) is 0 Å². The van der Waals surface area contributed by atoms with Crippen molar-refractivity contribution < 1.29 is 19.4 Å². The first kappa shape index (κ1) is 15.9. The number of methoxy groups -OCH3 is 1. The van der Waals surface area contributed by atoms with E-state index < -0.39 is 14.0 Å². The van der Waals surface area contributed by atoms with Gasteiger partial charge in [-0.05, 0) is 12.1 Å². The molecule has 19 heavy (non-hydrogen) atoms. The van der Waals surface area contributed by atoms with Crippen LogP contribution in [0.3, 0.4) is 0 Å². The summed E-state index contributed by atoms with van der Waals surface area (Å²) >= 11 is 0. The molecule has 0 aromatic carbocycles. The fourth-order valence-corrected chi connectivity index (χ4v) is 2.20. The molecule has 0 saturated carbocycles. The van der Waals surface area contributed by atoms with Crippen molar-refractivity contribution in [2.75, 3.05) is 13.7 Å². The van der Waals surface area contributed by atoms with Gasteiger partial charge in [-0.2, -0.15) is 5.10 Å². The minimum Gasteiger partial charge on any atom is -0.464 e. The third-order valence-electron chi connectivity index (χ3n) is 2.60. The Balaban J connectivity index is 2.61. The summed E-state index contributed by atoms with van der Waals surface area (Å²) in [5.41, 5.74) is 0.716. The average Bonchev–Trinajstić information content (AvgIpc) is 2.76. The lowest BCUT2D eigenvalue weighted by Gasteiger charge is -2.15. The van der Waals surface area contributed by atoms with Crippen LogP contribution < -0.4 is 0 Å². The van der Waals surface area contributed by atoms with Crippen molar-refractivity contribution in [3.05, 3.63) is 17.5 Å². The quantitative estimate of drug-likeness (QED) is 0.467. The molecular weight excluding hydrogens is 264 g/mol. The summed E-state index contributed by atoms with van der Waals surface area (Å²) in [4.78, 5) is 11.5. The van der Waals surface area contributed by atoms with Crippen molar-refractivity contribution in [1.29, 1.82) is 0 Å². The Hall–Kier alpha value is -1.18. The zero-order valence-corrected chi connectivity index (χ0v) is 13.0. The first-order chi connectivity index (χ1) is 8.87. The topological polar surface area (TPSA) is 73.6 Å². The second kappa shape index (κ2) is 6.83. The van der Waals surface area contributed by atoms with E-state index >= 15 is 0 Å². The van der Waals surface area contributed by atoms with Crippen molar-refractivity contribution in [3.63, 3.8) is 0 Å². The zero-order chi connectivity index (χ0) is 14.5. The van der Waals surface area contributed by atoms with Crippen molar-refractivity contribution in [3.8, 4) is 0 Å². The number of nitrogens with zero attached hydrogens (tertiary/aromatic N) is 2. The lowest BCUT2D eigenvalue weighted by Crippen LogP contribution is -2.22. The van der Waals surface area contributed by atoms with E-state index in [4.69, 9.17) is 9.84 Å². The number of aromatic nitrogens is 2. The molecule has 1 aromatic heterocycles. The highest BCUT2D eigenvalue weighted by molar-refractivity contribution is 6.76. The van der Waals surface area contributed by atoms with Crippen molar-refractivity contribution in [2.45, 2.75) is 39.0 Å². The average molecular weight is 286 g/mol. The fourth-order valence-electron chi connectivity index (χ4n) is 1.44. The van der Waals surface area contributed by atoms with Gasteiger partial charge in [0.2, 0.25) is 0 Å². The lowest BCUT2D eigenvalue weighted by atomic mass is 10.3. The maximum absolute atomic E-state index is 11.5. The molecule has 0 fully saturated rings. The highest BCUT2D eigenvalue weighted by Gasteiger charge is 2.16. The highest BCUT2D eigenvalue weighted by atomic mass is 28.3. The molecule has 108 valence electrons. The Labute approximate surface area is 114 Å². The van der Waals surface area contributed by atoms with Crippen LogP contribution in [0.15, 0.2) is 6.07 Å². The second-order valence-corrected chi connectivity index (χ2v) is 11.1. The molecule has 0 saturated heterocycles. The molecule has 0 radical (unpaired) electrons. The number of carbonyl (C=O) groups is 1. The first-order valence-electron chi connectivity index (χ1n) is 6.21. The van der Waals surface area contributed by atoms with Gasteiger partial charge in [0.15, 0.2) is 0 Å². The molecule has 0 aliphatic carbocycles. The molecule has 1 aromatic rings. The second-order valence-electron chi connectivity index (χ2n) is 5.52. The third-order valence-corrected chi connectivity index (χ3v) is 4.30. The number of aliphatic hydroxyl groups excluding tert-OH is 1. The number of aliphatic hydroxyl groups is 1. The van der Waals surface area contributed by atoms with E-state index in [1.165, 1.54) is 17.9 Å². The van der Waals surface area contributed by atoms with Crippen molar-refractivity contribution >= 4 is 14.0 Å². The van der Waals surface area contributed by atoms with Gasteiger partial charge < -0.3 is 14.6 Å². The van der Waals surface area contributed by atoms with Crippen LogP contribution in [0.1, 0.15) is 16.2 Å². The van der Waals surface area contributed by atoms with Gasteiger partial charge in [0.05, 0.1) is 19.4 Å². The molecule has 6 nitrogen and oxygen atoms in total. The standard InChI is InChI=1S/C12H22N2O4Si/c1-17-12(16)11-7-10(8-15)13-14(11)9-18-5-6-19(2,3)4/h7,15H,5-6,8-9H2,1-4H3. The van der Waals surface area contributed by atoms with Gasteiger partial charge in [-0.25, -0.2) is 9.48 Å². The van der Waals surface area contributed by atoms with Gasteiger partial charge in [0.1, 0.15) is 12.4 Å². The predicted molar refractivity (Wildman–Crippen MR) is 73.6 cm³/mol. The van der Waals surface area contributed by atoms with Crippen LogP contribution >= 0.6 is 0 Å². The lowest BCUT2D eigenvalue weighted by molar-refractivity contribution is 0.0516. The SMILES string of the molecule is COC(=O)c1cc(CO)nn1COCC[Si](C)(C)C. The maximum atomic E-state index is 11.5. The van der Waals surface area contributed by atoms with Gasteiger partial charge in [0, 0.05) is 14.7 Å². The predicted octanol–water partition coefficient (Wildman–Crippen LogP) is 1.47. The molecule has 0 atom stereocenters. The Morgan fingerprint density at radius 3 is 2.68 bits per heavy atom. The summed E-state index contributed by atoms with van der Waals surface area (Å²) in [6, 6.07) is 2.56. The molecule has 0 unspecified atom stereocenters. The van der Waals surface area contributed by atoms with E-state index in [-0.39, 0.29) is 13.3 Å². The Morgan fingerprint density at radius 2 is 2.16 bits per heavy atom. The summed E-state index contributed by atoms with van der Waals surface area (Å²) in [6.07, 6.45) is 0. The van der Waals surface area contributed by atoms with Crippen molar-refractivity contribution in [2.24, 2.45) is 0 Å². The number of hydrogen-bond donors (Lipinski definition) is 1. The van der Waals surface area contributed by atoms with E-state index in [9.17, 15) is 4.79 Å². The van der Waals surface area contributed by atoms with E-state index in [0.717, 1.165) is 6.04 Å². The fraction of sp³-hybridized carbons (Fsp3) is 0.667. The molecule has 0 spiro atoms. The summed E-state index contributed by atoms with van der Waals surface area (Å²) in [5, 5.41) is 13.1. The molecule has 1 N–H and O–H groups in total. The van der Waals surface area contributed by atoms with Crippen LogP contribution in [-0.2, 0) is 22.8 Å². The van der Waals surface area contributed by atoms with Gasteiger partial charge in [-0.1, -0.05) is 19.6 Å². The first-order valence-corrected chi connectivity index (χ1v) is 9.92. The van der Waals surface area contributed by atoms with Gasteiger partial charge in [-0.3, -0.25) is 0 Å². The third kappa shape index (κ3) is 5.13. The molecule has 0 aliphatic heterocycles. The van der Waals surface area contributed by atoms with E-state index in [2.05, 4.69) is 29.5 Å². The van der Waals surface area contributed by atoms with Gasteiger partial charge in [-0.15, -0.1) is 0 Å².